The van der Waals surface area contributed by atoms with Gasteiger partial charge in [0.25, 0.3) is 0 Å². The third kappa shape index (κ3) is 36.6. The normalized spacial score (nSPS) is 11.1. The van der Waals surface area contributed by atoms with Gasteiger partial charge in [-0.1, -0.05) is 142 Å². The van der Waals surface area contributed by atoms with E-state index in [0.29, 0.717) is 0 Å². The number of rotatable bonds is 26. The second kappa shape index (κ2) is 34.0. The SMILES string of the molecule is CCCCCCCCCCCCCOCCCCCCCCCCCCC.OCC(O)CO. The van der Waals surface area contributed by atoms with E-state index in [2.05, 4.69) is 13.8 Å². The standard InChI is InChI=1S/C26H54O.C3H8O3/c1-3-5-7-9-11-13-15-17-19-21-23-25-27-26-24-22-20-18-16-14-12-10-8-6-4-2;4-1-3(6)2-5/h3-26H2,1-2H3;3-6H,1-2H2. The van der Waals surface area contributed by atoms with Gasteiger partial charge in [0.2, 0.25) is 0 Å². The van der Waals surface area contributed by atoms with Crippen LogP contribution in [0.2, 0.25) is 0 Å². The van der Waals surface area contributed by atoms with Crippen molar-refractivity contribution in [2.24, 2.45) is 0 Å². The maximum atomic E-state index is 8.17. The molecule has 0 amide bonds. The summed E-state index contributed by atoms with van der Waals surface area (Å²) in [7, 11) is 0. The average molecular weight is 475 g/mol. The molecule has 4 nitrogen and oxygen atoms in total. The first-order valence-electron chi connectivity index (χ1n) is 14.7. The predicted octanol–water partition coefficient (Wildman–Crippen LogP) is 7.96. The number of hydrogen-bond donors (Lipinski definition) is 3. The second-order valence-electron chi connectivity index (χ2n) is 9.70. The number of aliphatic hydroxyl groups excluding tert-OH is 3. The molecule has 4 heteroatoms. The summed E-state index contributed by atoms with van der Waals surface area (Å²) >= 11 is 0. The summed E-state index contributed by atoms with van der Waals surface area (Å²) in [4.78, 5) is 0. The lowest BCUT2D eigenvalue weighted by Gasteiger charge is -2.05. The zero-order chi connectivity index (χ0) is 24.7. The first kappa shape index (κ1) is 35.0. The van der Waals surface area contributed by atoms with Gasteiger partial charge in [-0.25, -0.2) is 0 Å². The maximum absolute atomic E-state index is 8.17. The summed E-state index contributed by atoms with van der Waals surface area (Å²) in [5, 5.41) is 24.0. The quantitative estimate of drug-likeness (QED) is 0.111. The molecule has 0 bridgehead atoms. The van der Waals surface area contributed by atoms with Crippen LogP contribution in [0.15, 0.2) is 0 Å². The van der Waals surface area contributed by atoms with Gasteiger partial charge < -0.3 is 20.1 Å². The van der Waals surface area contributed by atoms with Gasteiger partial charge in [-0.2, -0.15) is 0 Å². The number of hydrogen-bond acceptors (Lipinski definition) is 4. The highest BCUT2D eigenvalue weighted by atomic mass is 16.5. The van der Waals surface area contributed by atoms with E-state index in [1.807, 2.05) is 0 Å². The zero-order valence-corrected chi connectivity index (χ0v) is 22.7. The molecule has 0 radical (unpaired) electrons. The van der Waals surface area contributed by atoms with E-state index < -0.39 is 6.10 Å². The van der Waals surface area contributed by atoms with Crippen molar-refractivity contribution >= 4 is 0 Å². The molecule has 0 aliphatic heterocycles. The zero-order valence-electron chi connectivity index (χ0n) is 22.7. The molecule has 0 saturated carbocycles. The minimum atomic E-state index is -0.954. The van der Waals surface area contributed by atoms with Crippen molar-refractivity contribution in [3.05, 3.63) is 0 Å². The molecular formula is C29H62O4. The van der Waals surface area contributed by atoms with Gasteiger partial charge >= 0.3 is 0 Å². The molecule has 0 rings (SSSR count). The Hall–Kier alpha value is -0.160. The van der Waals surface area contributed by atoms with Crippen LogP contribution in [0.3, 0.4) is 0 Å². The van der Waals surface area contributed by atoms with Gasteiger partial charge in [0.1, 0.15) is 6.10 Å². The highest BCUT2D eigenvalue weighted by molar-refractivity contribution is 4.50. The first-order chi connectivity index (χ1) is 16.2. The Morgan fingerprint density at radius 3 is 0.879 bits per heavy atom. The lowest BCUT2D eigenvalue weighted by Crippen LogP contribution is -2.15. The maximum Gasteiger partial charge on any atom is 0.100 e. The average Bonchev–Trinajstić information content (AvgIpc) is 2.84. The van der Waals surface area contributed by atoms with Gasteiger partial charge in [0.15, 0.2) is 0 Å². The van der Waals surface area contributed by atoms with Crippen LogP contribution < -0.4 is 0 Å². The molecule has 0 aromatic rings. The molecular weight excluding hydrogens is 412 g/mol. The van der Waals surface area contributed by atoms with Crippen LogP contribution in [-0.2, 0) is 4.74 Å². The third-order valence-corrected chi connectivity index (χ3v) is 6.21. The Kier molecular flexibility index (Phi) is 36.1. The largest absolute Gasteiger partial charge is 0.394 e. The first-order valence-corrected chi connectivity index (χ1v) is 14.7. The molecule has 3 N–H and O–H groups in total. The van der Waals surface area contributed by atoms with Crippen LogP contribution in [0.25, 0.3) is 0 Å². The van der Waals surface area contributed by atoms with E-state index in [4.69, 9.17) is 20.1 Å². The molecule has 202 valence electrons. The van der Waals surface area contributed by atoms with E-state index in [0.717, 1.165) is 13.2 Å². The molecule has 0 fully saturated rings. The van der Waals surface area contributed by atoms with Crippen LogP contribution in [0.4, 0.5) is 0 Å². The van der Waals surface area contributed by atoms with Gasteiger partial charge in [-0.05, 0) is 12.8 Å². The van der Waals surface area contributed by atoms with E-state index >= 15 is 0 Å². The van der Waals surface area contributed by atoms with E-state index in [9.17, 15) is 0 Å². The van der Waals surface area contributed by atoms with E-state index in [1.165, 1.54) is 141 Å². The highest BCUT2D eigenvalue weighted by Gasteiger charge is 1.96. The molecule has 0 spiro atoms. The van der Waals surface area contributed by atoms with Crippen LogP contribution >= 0.6 is 0 Å². The monoisotopic (exact) mass is 474 g/mol. The van der Waals surface area contributed by atoms with Crippen molar-refractivity contribution in [3.63, 3.8) is 0 Å². The Bertz CT molecular complexity index is 284. The molecule has 0 aliphatic carbocycles. The smallest absolute Gasteiger partial charge is 0.100 e. The Morgan fingerprint density at radius 2 is 0.667 bits per heavy atom. The van der Waals surface area contributed by atoms with Crippen LogP contribution in [-0.4, -0.2) is 47.9 Å². The van der Waals surface area contributed by atoms with Crippen molar-refractivity contribution in [1.82, 2.24) is 0 Å². The minimum absolute atomic E-state index is 0.365. The molecule has 0 saturated heterocycles. The molecule has 33 heavy (non-hydrogen) atoms. The lowest BCUT2D eigenvalue weighted by molar-refractivity contribution is 0.0450. The van der Waals surface area contributed by atoms with Crippen molar-refractivity contribution in [2.45, 2.75) is 161 Å². The highest BCUT2D eigenvalue weighted by Crippen LogP contribution is 2.12. The van der Waals surface area contributed by atoms with Crippen molar-refractivity contribution in [2.75, 3.05) is 26.4 Å². The van der Waals surface area contributed by atoms with Crippen LogP contribution in [0, 0.1) is 0 Å². The van der Waals surface area contributed by atoms with Crippen molar-refractivity contribution in [3.8, 4) is 0 Å². The number of aliphatic hydroxyl groups is 3. The molecule has 0 atom stereocenters. The van der Waals surface area contributed by atoms with Crippen molar-refractivity contribution in [1.29, 1.82) is 0 Å². The molecule has 0 aromatic heterocycles. The van der Waals surface area contributed by atoms with Gasteiger partial charge in [-0.3, -0.25) is 0 Å². The summed E-state index contributed by atoms with van der Waals surface area (Å²) in [5.74, 6) is 0. The van der Waals surface area contributed by atoms with Crippen LogP contribution in [0.1, 0.15) is 155 Å². The van der Waals surface area contributed by atoms with Crippen LogP contribution in [0.5, 0.6) is 0 Å². The van der Waals surface area contributed by atoms with Gasteiger partial charge in [0.05, 0.1) is 13.2 Å². The summed E-state index contributed by atoms with van der Waals surface area (Å²) in [5.41, 5.74) is 0. The number of ether oxygens (including phenoxy) is 1. The van der Waals surface area contributed by atoms with Crippen molar-refractivity contribution < 1.29 is 20.1 Å². The predicted molar refractivity (Wildman–Crippen MR) is 144 cm³/mol. The molecule has 0 unspecified atom stereocenters. The number of unbranched alkanes of at least 4 members (excludes halogenated alkanes) is 20. The minimum Gasteiger partial charge on any atom is -0.394 e. The summed E-state index contributed by atoms with van der Waals surface area (Å²) in [6, 6.07) is 0. The fraction of sp³-hybridized carbons (Fsp3) is 1.00. The molecule has 0 heterocycles. The third-order valence-electron chi connectivity index (χ3n) is 6.21. The Morgan fingerprint density at radius 1 is 0.424 bits per heavy atom. The lowest BCUT2D eigenvalue weighted by atomic mass is 10.1. The fourth-order valence-corrected chi connectivity index (χ4v) is 3.90. The second-order valence-corrected chi connectivity index (χ2v) is 9.70. The van der Waals surface area contributed by atoms with E-state index in [1.54, 1.807) is 0 Å². The fourth-order valence-electron chi connectivity index (χ4n) is 3.90. The Balaban J connectivity index is 0. The van der Waals surface area contributed by atoms with Gasteiger partial charge in [-0.15, -0.1) is 0 Å². The van der Waals surface area contributed by atoms with E-state index in [-0.39, 0.29) is 13.2 Å². The summed E-state index contributed by atoms with van der Waals surface area (Å²) < 4.78 is 5.80. The topological polar surface area (TPSA) is 69.9 Å². The molecule has 0 aliphatic rings. The van der Waals surface area contributed by atoms with Gasteiger partial charge in [0, 0.05) is 13.2 Å². The molecule has 0 aromatic carbocycles. The Labute approximate surface area is 207 Å². The summed E-state index contributed by atoms with van der Waals surface area (Å²) in [6.07, 6.45) is 30.2. The summed E-state index contributed by atoms with van der Waals surface area (Å²) in [6.45, 7) is 5.85.